The average Bonchev–Trinajstić information content (AvgIpc) is 3.34. The van der Waals surface area contributed by atoms with E-state index in [1.165, 1.54) is 0 Å². The van der Waals surface area contributed by atoms with Crippen molar-refractivity contribution in [1.82, 2.24) is 4.90 Å². The minimum Gasteiger partial charge on any atom is -0.379 e. The maximum atomic E-state index is 10.9. The standard InChI is InChI=1S/C17H21NO2/c19-17(16-7-8-16,15-5-2-1-3-6-15)9-4-10-18-11-13-20-14-12-18/h1-3,5-6,16,19H,7-8,10-14H2/t17-/m1/s1. The summed E-state index contributed by atoms with van der Waals surface area (Å²) in [4.78, 5) is 2.27. The molecular weight excluding hydrogens is 250 g/mol. The molecular formula is C17H21NO2. The molecule has 0 unspecified atom stereocenters. The lowest BCUT2D eigenvalue weighted by molar-refractivity contribution is 0.0440. The van der Waals surface area contributed by atoms with E-state index >= 15 is 0 Å². The second-order valence-electron chi connectivity index (χ2n) is 5.60. The highest BCUT2D eigenvalue weighted by Gasteiger charge is 2.43. The number of nitrogens with zero attached hydrogens (tertiary/aromatic N) is 1. The zero-order chi connectivity index (χ0) is 13.8. The summed E-state index contributed by atoms with van der Waals surface area (Å²) in [5.41, 5.74) is -0.0370. The molecule has 1 aromatic rings. The zero-order valence-corrected chi connectivity index (χ0v) is 11.7. The molecule has 1 aliphatic carbocycles. The Morgan fingerprint density at radius 3 is 2.55 bits per heavy atom. The van der Waals surface area contributed by atoms with Crippen LogP contribution in [0.1, 0.15) is 18.4 Å². The molecule has 106 valence electrons. The Bertz CT molecular complexity index is 495. The van der Waals surface area contributed by atoms with Gasteiger partial charge in [-0.2, -0.15) is 0 Å². The molecule has 2 fully saturated rings. The fourth-order valence-corrected chi connectivity index (χ4v) is 2.65. The molecule has 1 N–H and O–H groups in total. The van der Waals surface area contributed by atoms with Crippen molar-refractivity contribution in [3.05, 3.63) is 35.9 Å². The highest BCUT2D eigenvalue weighted by molar-refractivity contribution is 5.34. The summed E-state index contributed by atoms with van der Waals surface area (Å²) < 4.78 is 5.33. The molecule has 0 bridgehead atoms. The third-order valence-corrected chi connectivity index (χ3v) is 4.07. The highest BCUT2D eigenvalue weighted by Crippen LogP contribution is 2.45. The van der Waals surface area contributed by atoms with E-state index in [9.17, 15) is 5.11 Å². The first-order valence-corrected chi connectivity index (χ1v) is 7.37. The molecule has 0 aromatic heterocycles. The molecule has 1 aromatic carbocycles. The maximum Gasteiger partial charge on any atom is 0.153 e. The summed E-state index contributed by atoms with van der Waals surface area (Å²) >= 11 is 0. The number of ether oxygens (including phenoxy) is 1. The summed E-state index contributed by atoms with van der Waals surface area (Å²) in [5.74, 6) is 6.62. The summed E-state index contributed by atoms with van der Waals surface area (Å²) in [6.07, 6.45) is 2.13. The van der Waals surface area contributed by atoms with E-state index in [4.69, 9.17) is 4.74 Å². The normalized spacial score (nSPS) is 22.6. The van der Waals surface area contributed by atoms with Gasteiger partial charge in [-0.15, -0.1) is 0 Å². The predicted octanol–water partition coefficient (Wildman–Crippen LogP) is 1.62. The van der Waals surface area contributed by atoms with Crippen molar-refractivity contribution in [2.45, 2.75) is 18.4 Å². The van der Waals surface area contributed by atoms with Gasteiger partial charge in [0.1, 0.15) is 0 Å². The third-order valence-electron chi connectivity index (χ3n) is 4.07. The Morgan fingerprint density at radius 1 is 1.20 bits per heavy atom. The van der Waals surface area contributed by atoms with E-state index in [-0.39, 0.29) is 0 Å². The van der Waals surface area contributed by atoms with Gasteiger partial charge in [0, 0.05) is 19.0 Å². The molecule has 3 nitrogen and oxygen atoms in total. The summed E-state index contributed by atoms with van der Waals surface area (Å²) in [5, 5.41) is 10.9. The summed E-state index contributed by atoms with van der Waals surface area (Å²) in [7, 11) is 0. The first-order valence-electron chi connectivity index (χ1n) is 7.37. The van der Waals surface area contributed by atoms with Crippen molar-refractivity contribution in [3.8, 4) is 11.8 Å². The van der Waals surface area contributed by atoms with Gasteiger partial charge in [0.15, 0.2) is 5.60 Å². The monoisotopic (exact) mass is 271 g/mol. The molecule has 1 saturated carbocycles. The predicted molar refractivity (Wildman–Crippen MR) is 78.1 cm³/mol. The van der Waals surface area contributed by atoms with Gasteiger partial charge in [-0.3, -0.25) is 4.90 Å². The van der Waals surface area contributed by atoms with E-state index in [1.54, 1.807) is 0 Å². The first-order chi connectivity index (χ1) is 9.79. The number of benzene rings is 1. The minimum atomic E-state index is -0.965. The number of rotatable bonds is 3. The van der Waals surface area contributed by atoms with Crippen LogP contribution < -0.4 is 0 Å². The Kier molecular flexibility index (Phi) is 4.07. The van der Waals surface area contributed by atoms with Gasteiger partial charge in [-0.1, -0.05) is 42.2 Å². The van der Waals surface area contributed by atoms with Crippen LogP contribution in [0.3, 0.4) is 0 Å². The fraction of sp³-hybridized carbons (Fsp3) is 0.529. The number of morpholine rings is 1. The summed E-state index contributed by atoms with van der Waals surface area (Å²) in [6.45, 7) is 4.15. The van der Waals surface area contributed by atoms with Crippen molar-refractivity contribution >= 4 is 0 Å². The molecule has 1 heterocycles. The second-order valence-corrected chi connectivity index (χ2v) is 5.60. The van der Waals surface area contributed by atoms with Crippen LogP contribution in [0.25, 0.3) is 0 Å². The molecule has 1 atom stereocenters. The van der Waals surface area contributed by atoms with Crippen molar-refractivity contribution < 1.29 is 9.84 Å². The lowest BCUT2D eigenvalue weighted by Gasteiger charge is -2.25. The molecule has 0 spiro atoms. The molecule has 1 saturated heterocycles. The maximum absolute atomic E-state index is 10.9. The van der Waals surface area contributed by atoms with Crippen LogP contribution >= 0.6 is 0 Å². The van der Waals surface area contributed by atoms with Gasteiger partial charge in [-0.25, -0.2) is 0 Å². The quantitative estimate of drug-likeness (QED) is 0.848. The van der Waals surface area contributed by atoms with Gasteiger partial charge < -0.3 is 9.84 Å². The smallest absolute Gasteiger partial charge is 0.153 e. The molecule has 2 aliphatic rings. The third kappa shape index (κ3) is 3.04. The van der Waals surface area contributed by atoms with Crippen molar-refractivity contribution in [2.24, 2.45) is 5.92 Å². The van der Waals surface area contributed by atoms with Gasteiger partial charge in [0.05, 0.1) is 19.8 Å². The second kappa shape index (κ2) is 5.97. The Hall–Kier alpha value is -1.34. The van der Waals surface area contributed by atoms with Crippen LogP contribution in [-0.4, -0.2) is 42.9 Å². The Morgan fingerprint density at radius 2 is 1.90 bits per heavy atom. The van der Waals surface area contributed by atoms with E-state index in [0.717, 1.165) is 44.7 Å². The molecule has 3 rings (SSSR count). The molecule has 3 heteroatoms. The molecule has 0 amide bonds. The Balaban J connectivity index is 1.71. The fourth-order valence-electron chi connectivity index (χ4n) is 2.65. The average molecular weight is 271 g/mol. The molecule has 20 heavy (non-hydrogen) atoms. The lowest BCUT2D eigenvalue weighted by Crippen LogP contribution is -2.36. The molecule has 0 radical (unpaired) electrons. The van der Waals surface area contributed by atoms with E-state index in [0.29, 0.717) is 12.5 Å². The number of hydrogen-bond acceptors (Lipinski definition) is 3. The number of aliphatic hydroxyl groups is 1. The van der Waals surface area contributed by atoms with E-state index in [2.05, 4.69) is 16.7 Å². The van der Waals surface area contributed by atoms with Gasteiger partial charge >= 0.3 is 0 Å². The van der Waals surface area contributed by atoms with E-state index < -0.39 is 5.60 Å². The topological polar surface area (TPSA) is 32.7 Å². The van der Waals surface area contributed by atoms with Crippen molar-refractivity contribution in [1.29, 1.82) is 0 Å². The van der Waals surface area contributed by atoms with Crippen molar-refractivity contribution in [2.75, 3.05) is 32.8 Å². The SMILES string of the molecule is O[C@](C#CCN1CCOCC1)(c1ccccc1)C1CC1. The van der Waals surface area contributed by atoms with Crippen LogP contribution in [0.4, 0.5) is 0 Å². The van der Waals surface area contributed by atoms with Crippen LogP contribution in [0.5, 0.6) is 0 Å². The lowest BCUT2D eigenvalue weighted by atomic mass is 9.89. The zero-order valence-electron chi connectivity index (χ0n) is 11.7. The van der Waals surface area contributed by atoms with Crippen LogP contribution in [0.2, 0.25) is 0 Å². The van der Waals surface area contributed by atoms with Gasteiger partial charge in [-0.05, 0) is 18.4 Å². The van der Waals surface area contributed by atoms with Gasteiger partial charge in [0.2, 0.25) is 0 Å². The minimum absolute atomic E-state index is 0.294. The largest absolute Gasteiger partial charge is 0.379 e. The van der Waals surface area contributed by atoms with Gasteiger partial charge in [0.25, 0.3) is 0 Å². The van der Waals surface area contributed by atoms with Crippen molar-refractivity contribution in [3.63, 3.8) is 0 Å². The summed E-state index contributed by atoms with van der Waals surface area (Å²) in [6, 6.07) is 9.85. The Labute approximate surface area is 120 Å². The number of hydrogen-bond donors (Lipinski definition) is 1. The van der Waals surface area contributed by atoms with E-state index in [1.807, 2.05) is 30.3 Å². The highest BCUT2D eigenvalue weighted by atomic mass is 16.5. The van der Waals surface area contributed by atoms with Crippen LogP contribution in [-0.2, 0) is 10.3 Å². The first kappa shape index (κ1) is 13.6. The van der Waals surface area contributed by atoms with Crippen LogP contribution in [0.15, 0.2) is 30.3 Å². The van der Waals surface area contributed by atoms with Crippen LogP contribution in [0, 0.1) is 17.8 Å². The molecule has 1 aliphatic heterocycles.